The average molecular weight is 565 g/mol. The fraction of sp³-hybridized carbons (Fsp3) is 0.100. The van der Waals surface area contributed by atoms with Crippen LogP contribution in [0.4, 0.5) is 0 Å². The number of ether oxygens (including phenoxy) is 2. The predicted molar refractivity (Wildman–Crippen MR) is 180 cm³/mol. The molecule has 10 rings (SSSR count). The van der Waals surface area contributed by atoms with Gasteiger partial charge in [-0.2, -0.15) is 0 Å². The smallest absolute Gasteiger partial charge is 0.260 e. The molecule has 0 N–H and O–H groups in total. The fourth-order valence-corrected chi connectivity index (χ4v) is 7.86. The van der Waals surface area contributed by atoms with Crippen molar-refractivity contribution in [3.05, 3.63) is 144 Å². The number of nitrogens with zero attached hydrogens (tertiary/aromatic N) is 1. The van der Waals surface area contributed by atoms with Crippen LogP contribution >= 0.6 is 0 Å². The zero-order valence-corrected chi connectivity index (χ0v) is 24.2. The van der Waals surface area contributed by atoms with E-state index in [1.54, 1.807) is 0 Å². The van der Waals surface area contributed by atoms with Crippen molar-refractivity contribution >= 4 is 44.9 Å². The van der Waals surface area contributed by atoms with Crippen LogP contribution in [0, 0.1) is 0 Å². The summed E-state index contributed by atoms with van der Waals surface area (Å²) in [5, 5.41) is 2.52. The summed E-state index contributed by atoms with van der Waals surface area (Å²) in [4.78, 5) is 0. The Hall–Kier alpha value is -5.22. The summed E-state index contributed by atoms with van der Waals surface area (Å²) in [7, 11) is 0. The Kier molecular flexibility index (Phi) is 5.04. The third-order valence-electron chi connectivity index (χ3n) is 9.87. The van der Waals surface area contributed by atoms with Crippen molar-refractivity contribution in [1.82, 2.24) is 4.57 Å². The van der Waals surface area contributed by atoms with E-state index in [4.69, 9.17) is 9.47 Å². The van der Waals surface area contributed by atoms with Crippen LogP contribution < -0.4 is 25.9 Å². The molecule has 2 aliphatic heterocycles. The average Bonchev–Trinajstić information content (AvgIpc) is 3.41. The van der Waals surface area contributed by atoms with Gasteiger partial charge in [0.1, 0.15) is 23.0 Å². The molecule has 6 aromatic carbocycles. The molecule has 0 unspecified atom stereocenters. The summed E-state index contributed by atoms with van der Waals surface area (Å²) in [6, 6.07) is 44.1. The van der Waals surface area contributed by atoms with Gasteiger partial charge in [-0.3, -0.25) is 0 Å². The van der Waals surface area contributed by atoms with Gasteiger partial charge in [-0.25, -0.2) is 0 Å². The largest absolute Gasteiger partial charge is 0.458 e. The number of fused-ring (bicyclic) bond motifs is 13. The van der Waals surface area contributed by atoms with Crippen LogP contribution in [-0.2, 0) is 25.7 Å². The van der Waals surface area contributed by atoms with Gasteiger partial charge in [0.05, 0.1) is 11.0 Å². The Bertz CT molecular complexity index is 2260. The van der Waals surface area contributed by atoms with E-state index in [9.17, 15) is 0 Å². The number of para-hydroxylation sites is 3. The second kappa shape index (κ2) is 9.14. The Morgan fingerprint density at radius 1 is 0.500 bits per heavy atom. The van der Waals surface area contributed by atoms with Crippen LogP contribution in [-0.4, -0.2) is 11.3 Å². The van der Waals surface area contributed by atoms with Gasteiger partial charge < -0.3 is 14.0 Å². The molecule has 3 nitrogen and oxygen atoms in total. The molecule has 0 radical (unpaired) electrons. The first-order valence-electron chi connectivity index (χ1n) is 15.6. The normalized spacial score (nSPS) is 14.3. The highest BCUT2D eigenvalue weighted by atomic mass is 16.5. The zero-order valence-electron chi connectivity index (χ0n) is 24.2. The molecule has 7 aromatic rings. The number of rotatable bonds is 1. The summed E-state index contributed by atoms with van der Waals surface area (Å²) < 4.78 is 16.2. The molecule has 3 heterocycles. The molecule has 0 atom stereocenters. The maximum Gasteiger partial charge on any atom is 0.260 e. The van der Waals surface area contributed by atoms with Gasteiger partial charge in [0.25, 0.3) is 6.71 Å². The molecule has 0 amide bonds. The monoisotopic (exact) mass is 565 g/mol. The molecule has 1 aliphatic carbocycles. The maximum atomic E-state index is 7.04. The van der Waals surface area contributed by atoms with Gasteiger partial charge in [-0.15, -0.1) is 0 Å². The topological polar surface area (TPSA) is 23.4 Å². The highest BCUT2D eigenvalue weighted by Crippen LogP contribution is 2.41. The molecular formula is C40H28BNO2. The SMILES string of the molecule is c1cc2cc(c1)CCc1cc(c3c4c1Oc1cc(-n5c6ccccc6c6ccccc65)ccc1B4c1ccccc1O3)CC2. The minimum atomic E-state index is 0.0559. The van der Waals surface area contributed by atoms with E-state index in [-0.39, 0.29) is 6.71 Å². The molecular weight excluding hydrogens is 537 g/mol. The Labute approximate surface area is 256 Å². The second-order valence-electron chi connectivity index (χ2n) is 12.4. The first-order chi connectivity index (χ1) is 21.8. The first kappa shape index (κ1) is 24.3. The maximum absolute atomic E-state index is 7.04. The molecule has 208 valence electrons. The summed E-state index contributed by atoms with van der Waals surface area (Å²) in [5.41, 5.74) is 12.4. The van der Waals surface area contributed by atoms with E-state index in [1.807, 2.05) is 0 Å². The predicted octanol–water partition coefficient (Wildman–Crippen LogP) is 7.40. The van der Waals surface area contributed by atoms with Crippen molar-refractivity contribution in [3.8, 4) is 28.7 Å². The van der Waals surface area contributed by atoms with Crippen LogP contribution in [0.2, 0.25) is 0 Å². The van der Waals surface area contributed by atoms with Gasteiger partial charge >= 0.3 is 0 Å². The number of aryl methyl sites for hydroxylation is 4. The van der Waals surface area contributed by atoms with E-state index in [0.717, 1.165) is 54.4 Å². The highest BCUT2D eigenvalue weighted by molar-refractivity contribution is 6.98. The minimum absolute atomic E-state index is 0.0559. The van der Waals surface area contributed by atoms with Crippen molar-refractivity contribution < 1.29 is 9.47 Å². The molecule has 0 saturated heterocycles. The van der Waals surface area contributed by atoms with Gasteiger partial charge in [0.2, 0.25) is 0 Å². The standard InChI is InChI=1S/C40H28BNO2/c1-4-13-34-30(10-1)31-11-2-5-14-35(31)42(34)29-20-21-33-37(24-29)44-40-28-19-17-26-9-7-8-25(22-26)16-18-27(23-28)39-38(40)41(33)32-12-3-6-15-36(32)43-39/h1-15,20-24H,16-19H2. The van der Waals surface area contributed by atoms with E-state index < -0.39 is 0 Å². The highest BCUT2D eigenvalue weighted by Gasteiger charge is 2.42. The second-order valence-corrected chi connectivity index (χ2v) is 12.4. The lowest BCUT2D eigenvalue weighted by Gasteiger charge is -2.35. The Morgan fingerprint density at radius 3 is 1.84 bits per heavy atom. The van der Waals surface area contributed by atoms with Crippen molar-refractivity contribution in [3.63, 3.8) is 0 Å². The lowest BCUT2D eigenvalue weighted by atomic mass is 9.34. The molecule has 0 fully saturated rings. The fourth-order valence-electron chi connectivity index (χ4n) is 7.86. The van der Waals surface area contributed by atoms with Crippen molar-refractivity contribution in [2.45, 2.75) is 25.7 Å². The van der Waals surface area contributed by atoms with Crippen molar-refractivity contribution in [2.24, 2.45) is 0 Å². The van der Waals surface area contributed by atoms with Crippen molar-refractivity contribution in [2.75, 3.05) is 0 Å². The molecule has 44 heavy (non-hydrogen) atoms. The molecule has 4 heteroatoms. The van der Waals surface area contributed by atoms with Gasteiger partial charge in [0.15, 0.2) is 0 Å². The van der Waals surface area contributed by atoms with Gasteiger partial charge in [-0.1, -0.05) is 84.9 Å². The molecule has 0 spiro atoms. The lowest BCUT2D eigenvalue weighted by Crippen LogP contribution is -2.57. The Morgan fingerprint density at radius 2 is 1.11 bits per heavy atom. The lowest BCUT2D eigenvalue weighted by molar-refractivity contribution is 0.456. The zero-order chi connectivity index (χ0) is 28.8. The summed E-state index contributed by atoms with van der Waals surface area (Å²) >= 11 is 0. The minimum Gasteiger partial charge on any atom is -0.458 e. The van der Waals surface area contributed by atoms with Crippen LogP contribution in [0.5, 0.6) is 23.0 Å². The molecule has 4 bridgehead atoms. The first-order valence-corrected chi connectivity index (χ1v) is 15.6. The van der Waals surface area contributed by atoms with E-state index in [0.29, 0.717) is 0 Å². The van der Waals surface area contributed by atoms with Crippen LogP contribution in [0.15, 0.2) is 121 Å². The van der Waals surface area contributed by atoms with Gasteiger partial charge in [-0.05, 0) is 89.2 Å². The number of aromatic nitrogens is 1. The van der Waals surface area contributed by atoms with Crippen LogP contribution in [0.25, 0.3) is 27.5 Å². The number of hydrogen-bond donors (Lipinski definition) is 0. The van der Waals surface area contributed by atoms with E-state index >= 15 is 0 Å². The van der Waals surface area contributed by atoms with Crippen molar-refractivity contribution in [1.29, 1.82) is 0 Å². The third kappa shape index (κ3) is 3.45. The summed E-state index contributed by atoms with van der Waals surface area (Å²) in [6.07, 6.45) is 3.84. The number of hydrogen-bond acceptors (Lipinski definition) is 2. The van der Waals surface area contributed by atoms with E-state index in [1.165, 1.54) is 60.4 Å². The Balaban J connectivity index is 1.20. The molecule has 3 aliphatic rings. The summed E-state index contributed by atoms with van der Waals surface area (Å²) in [6.45, 7) is 0.0559. The number of benzene rings is 6. The van der Waals surface area contributed by atoms with Gasteiger partial charge in [0, 0.05) is 28.0 Å². The van der Waals surface area contributed by atoms with Crippen LogP contribution in [0.1, 0.15) is 22.3 Å². The quantitative estimate of drug-likeness (QED) is 0.194. The van der Waals surface area contributed by atoms with Crippen LogP contribution in [0.3, 0.4) is 0 Å². The summed E-state index contributed by atoms with van der Waals surface area (Å²) in [5.74, 6) is 3.83. The third-order valence-corrected chi connectivity index (χ3v) is 9.87. The van der Waals surface area contributed by atoms with E-state index in [2.05, 4.69) is 126 Å². The molecule has 1 aromatic heterocycles. The molecule has 0 saturated carbocycles.